The zero-order valence-electron chi connectivity index (χ0n) is 12.8. The van der Waals surface area contributed by atoms with Gasteiger partial charge in [0.05, 0.1) is 0 Å². The van der Waals surface area contributed by atoms with Gasteiger partial charge in [-0.25, -0.2) is 0 Å². The van der Waals surface area contributed by atoms with Gasteiger partial charge >= 0.3 is 0 Å². The van der Waals surface area contributed by atoms with Crippen LogP contribution in [0.25, 0.3) is 0 Å². The Bertz CT molecular complexity index is 488. The summed E-state index contributed by atoms with van der Waals surface area (Å²) in [5.41, 5.74) is 8.32. The molecule has 1 saturated carbocycles. The van der Waals surface area contributed by atoms with Crippen molar-refractivity contribution in [1.82, 2.24) is 0 Å². The summed E-state index contributed by atoms with van der Waals surface area (Å²) >= 11 is 0. The number of anilines is 2. The normalized spacial score (nSPS) is 17.4. The van der Waals surface area contributed by atoms with E-state index in [1.54, 1.807) is 0 Å². The van der Waals surface area contributed by atoms with E-state index in [4.69, 9.17) is 5.73 Å². The number of carbonyl (C=O) groups excluding carboxylic acids is 1. The number of nitrogens with one attached hydrogen (secondary N) is 1. The van der Waals surface area contributed by atoms with Crippen molar-refractivity contribution in [3.8, 4) is 0 Å². The molecular formula is C17H26N2O. The fourth-order valence-corrected chi connectivity index (χ4v) is 3.34. The molecule has 1 aromatic carbocycles. The van der Waals surface area contributed by atoms with Gasteiger partial charge in [0.25, 0.3) is 0 Å². The van der Waals surface area contributed by atoms with Crippen LogP contribution >= 0.6 is 0 Å². The first-order chi connectivity index (χ1) is 9.43. The summed E-state index contributed by atoms with van der Waals surface area (Å²) in [7, 11) is 0. The van der Waals surface area contributed by atoms with Crippen LogP contribution in [0.1, 0.15) is 51.5 Å². The van der Waals surface area contributed by atoms with E-state index in [1.807, 2.05) is 25.1 Å². The van der Waals surface area contributed by atoms with E-state index in [2.05, 4.69) is 19.2 Å². The number of carbonyl (C=O) groups is 1. The first kappa shape index (κ1) is 14.9. The lowest BCUT2D eigenvalue weighted by Gasteiger charge is -2.29. The highest BCUT2D eigenvalue weighted by Gasteiger charge is 2.41. The summed E-state index contributed by atoms with van der Waals surface area (Å²) in [6, 6.07) is 5.74. The molecule has 0 spiro atoms. The average Bonchev–Trinajstić information content (AvgIpc) is 2.83. The van der Waals surface area contributed by atoms with E-state index in [-0.39, 0.29) is 11.3 Å². The van der Waals surface area contributed by atoms with E-state index in [1.165, 1.54) is 0 Å². The third-order valence-corrected chi connectivity index (χ3v) is 4.38. The van der Waals surface area contributed by atoms with Gasteiger partial charge in [0.15, 0.2) is 0 Å². The topological polar surface area (TPSA) is 55.1 Å². The van der Waals surface area contributed by atoms with Crippen molar-refractivity contribution in [1.29, 1.82) is 0 Å². The lowest BCUT2D eigenvalue weighted by atomic mass is 9.77. The molecule has 2 rings (SSSR count). The molecule has 1 amide bonds. The van der Waals surface area contributed by atoms with Crippen LogP contribution in [0.2, 0.25) is 0 Å². The molecule has 1 aromatic rings. The molecule has 0 saturated heterocycles. The molecule has 1 fully saturated rings. The van der Waals surface area contributed by atoms with Gasteiger partial charge in [0.2, 0.25) is 5.91 Å². The highest BCUT2D eigenvalue weighted by molar-refractivity contribution is 5.96. The summed E-state index contributed by atoms with van der Waals surface area (Å²) in [5.74, 6) is 0.717. The van der Waals surface area contributed by atoms with E-state index in [0.29, 0.717) is 5.92 Å². The molecule has 110 valence electrons. The molecule has 0 unspecified atom stereocenters. The molecule has 1 aliphatic carbocycles. The molecule has 0 atom stereocenters. The second kappa shape index (κ2) is 5.86. The van der Waals surface area contributed by atoms with E-state index in [9.17, 15) is 4.79 Å². The Labute approximate surface area is 121 Å². The lowest BCUT2D eigenvalue weighted by molar-refractivity contribution is -0.126. The zero-order valence-corrected chi connectivity index (χ0v) is 12.8. The van der Waals surface area contributed by atoms with Crippen molar-refractivity contribution in [2.75, 3.05) is 11.1 Å². The molecule has 3 heteroatoms. The number of nitrogen functional groups attached to an aromatic ring is 1. The molecule has 3 nitrogen and oxygen atoms in total. The first-order valence-electron chi connectivity index (χ1n) is 7.60. The van der Waals surface area contributed by atoms with E-state index >= 15 is 0 Å². The average molecular weight is 274 g/mol. The minimum Gasteiger partial charge on any atom is -0.398 e. The van der Waals surface area contributed by atoms with Crippen LogP contribution in [0.5, 0.6) is 0 Å². The Kier molecular flexibility index (Phi) is 4.36. The Hall–Kier alpha value is -1.51. The summed E-state index contributed by atoms with van der Waals surface area (Å²) < 4.78 is 0. The first-order valence-corrected chi connectivity index (χ1v) is 7.60. The van der Waals surface area contributed by atoms with Crippen molar-refractivity contribution >= 4 is 17.3 Å². The fourth-order valence-electron chi connectivity index (χ4n) is 3.34. The van der Waals surface area contributed by atoms with E-state index < -0.39 is 0 Å². The highest BCUT2D eigenvalue weighted by Crippen LogP contribution is 2.44. The van der Waals surface area contributed by atoms with Crippen LogP contribution in [-0.4, -0.2) is 5.91 Å². The zero-order chi connectivity index (χ0) is 14.8. The van der Waals surface area contributed by atoms with Gasteiger partial charge < -0.3 is 11.1 Å². The van der Waals surface area contributed by atoms with Gasteiger partial charge in [-0.05, 0) is 49.8 Å². The Morgan fingerprint density at radius 1 is 1.35 bits per heavy atom. The molecule has 3 N–H and O–H groups in total. The minimum absolute atomic E-state index is 0.173. The number of hydrogen-bond donors (Lipinski definition) is 2. The second-order valence-corrected chi connectivity index (χ2v) is 6.61. The monoisotopic (exact) mass is 274 g/mol. The molecule has 0 heterocycles. The third kappa shape index (κ3) is 3.14. The number of nitrogens with two attached hydrogens (primary N) is 1. The summed E-state index contributed by atoms with van der Waals surface area (Å²) in [5, 5.41) is 3.08. The quantitative estimate of drug-likeness (QED) is 0.811. The Morgan fingerprint density at radius 2 is 2.00 bits per heavy atom. The van der Waals surface area contributed by atoms with Crippen LogP contribution in [-0.2, 0) is 4.79 Å². The maximum atomic E-state index is 12.7. The SMILES string of the molecule is Cc1ccc(NC(=O)C2(CC(C)C)CCCC2)cc1N. The van der Waals surface area contributed by atoms with Crippen LogP contribution in [0.15, 0.2) is 18.2 Å². The Morgan fingerprint density at radius 3 is 2.55 bits per heavy atom. The Balaban J connectivity index is 2.14. The number of aryl methyl sites for hydroxylation is 1. The predicted molar refractivity (Wildman–Crippen MR) is 84.6 cm³/mol. The standard InChI is InChI=1S/C17H26N2O/c1-12(2)11-17(8-4-5-9-17)16(20)19-14-7-6-13(3)15(18)10-14/h6-7,10,12H,4-5,8-9,11,18H2,1-3H3,(H,19,20). The fraction of sp³-hybridized carbons (Fsp3) is 0.588. The van der Waals surface area contributed by atoms with Crippen LogP contribution in [0, 0.1) is 18.3 Å². The molecule has 20 heavy (non-hydrogen) atoms. The highest BCUT2D eigenvalue weighted by atomic mass is 16.2. The smallest absolute Gasteiger partial charge is 0.230 e. The molecule has 1 aliphatic rings. The minimum atomic E-state index is -0.173. The van der Waals surface area contributed by atoms with Crippen LogP contribution < -0.4 is 11.1 Å². The maximum Gasteiger partial charge on any atom is 0.230 e. The summed E-state index contributed by atoms with van der Waals surface area (Å²) in [6.45, 7) is 6.35. The molecule has 0 aromatic heterocycles. The van der Waals surface area contributed by atoms with Gasteiger partial charge in [-0.15, -0.1) is 0 Å². The van der Waals surface area contributed by atoms with Crippen LogP contribution in [0.3, 0.4) is 0 Å². The largest absolute Gasteiger partial charge is 0.398 e. The van der Waals surface area contributed by atoms with Crippen molar-refractivity contribution in [3.63, 3.8) is 0 Å². The van der Waals surface area contributed by atoms with Gasteiger partial charge in [-0.3, -0.25) is 4.79 Å². The summed E-state index contributed by atoms with van der Waals surface area (Å²) in [4.78, 5) is 12.7. The van der Waals surface area contributed by atoms with Crippen LogP contribution in [0.4, 0.5) is 11.4 Å². The predicted octanol–water partition coefficient (Wildman–Crippen LogP) is 4.12. The van der Waals surface area contributed by atoms with Crippen molar-refractivity contribution < 1.29 is 4.79 Å². The van der Waals surface area contributed by atoms with E-state index in [0.717, 1.165) is 49.0 Å². The molecular weight excluding hydrogens is 248 g/mol. The van der Waals surface area contributed by atoms with Gasteiger partial charge in [0.1, 0.15) is 0 Å². The second-order valence-electron chi connectivity index (χ2n) is 6.61. The molecule has 0 radical (unpaired) electrons. The third-order valence-electron chi connectivity index (χ3n) is 4.38. The lowest BCUT2D eigenvalue weighted by Crippen LogP contribution is -2.35. The number of rotatable bonds is 4. The number of hydrogen-bond acceptors (Lipinski definition) is 2. The van der Waals surface area contributed by atoms with Crippen molar-refractivity contribution in [3.05, 3.63) is 23.8 Å². The van der Waals surface area contributed by atoms with Gasteiger partial charge in [-0.1, -0.05) is 32.8 Å². The van der Waals surface area contributed by atoms with Gasteiger partial charge in [-0.2, -0.15) is 0 Å². The number of amides is 1. The maximum absolute atomic E-state index is 12.7. The van der Waals surface area contributed by atoms with Crippen molar-refractivity contribution in [2.24, 2.45) is 11.3 Å². The molecule has 0 bridgehead atoms. The van der Waals surface area contributed by atoms with Crippen molar-refractivity contribution in [2.45, 2.75) is 52.9 Å². The number of benzene rings is 1. The summed E-state index contributed by atoms with van der Waals surface area (Å²) in [6.07, 6.45) is 5.32. The molecule has 0 aliphatic heterocycles. The van der Waals surface area contributed by atoms with Gasteiger partial charge in [0, 0.05) is 16.8 Å².